The predicted molar refractivity (Wildman–Crippen MR) is 116 cm³/mol. The summed E-state index contributed by atoms with van der Waals surface area (Å²) in [7, 11) is 1.74. The summed E-state index contributed by atoms with van der Waals surface area (Å²) < 4.78 is 0. The smallest absolute Gasteiger partial charge is 0.239 e. The topological polar surface area (TPSA) is 77.6 Å². The van der Waals surface area contributed by atoms with E-state index in [1.165, 1.54) is 24.9 Å². The fourth-order valence-electron chi connectivity index (χ4n) is 3.44. The number of piperidine rings is 1. The minimum absolute atomic E-state index is 0.108. The van der Waals surface area contributed by atoms with Crippen LogP contribution in [0.1, 0.15) is 24.8 Å². The molecule has 0 saturated carbocycles. The second kappa shape index (κ2) is 10.0. The van der Waals surface area contributed by atoms with Crippen molar-refractivity contribution < 1.29 is 9.59 Å². The van der Waals surface area contributed by atoms with Crippen molar-refractivity contribution in [3.05, 3.63) is 48.2 Å². The molecule has 7 nitrogen and oxygen atoms in total. The molecule has 1 aromatic heterocycles. The Morgan fingerprint density at radius 3 is 2.31 bits per heavy atom. The number of likely N-dealkylation sites (N-methyl/N-ethyl adjacent to an activating group) is 1. The zero-order valence-electron chi connectivity index (χ0n) is 17.1. The molecule has 0 bridgehead atoms. The first-order chi connectivity index (χ1) is 14.0. The molecule has 2 amide bonds. The summed E-state index contributed by atoms with van der Waals surface area (Å²) in [4.78, 5) is 32.6. The Hall–Kier alpha value is -2.93. The minimum Gasteiger partial charge on any atom is -0.372 e. The Morgan fingerprint density at radius 2 is 1.66 bits per heavy atom. The van der Waals surface area contributed by atoms with E-state index in [-0.39, 0.29) is 24.9 Å². The number of carbonyl (C=O) groups excluding carboxylic acids is 2. The van der Waals surface area contributed by atoms with Gasteiger partial charge in [0.05, 0.1) is 13.1 Å². The van der Waals surface area contributed by atoms with E-state index in [0.717, 1.165) is 24.3 Å². The van der Waals surface area contributed by atoms with Crippen molar-refractivity contribution in [2.45, 2.75) is 26.2 Å². The monoisotopic (exact) mass is 395 g/mol. The third-order valence-corrected chi connectivity index (χ3v) is 4.88. The quantitative estimate of drug-likeness (QED) is 0.754. The second-order valence-electron chi connectivity index (χ2n) is 7.58. The number of amides is 2. The van der Waals surface area contributed by atoms with Crippen LogP contribution in [-0.2, 0) is 9.59 Å². The van der Waals surface area contributed by atoms with Crippen molar-refractivity contribution in [1.29, 1.82) is 0 Å². The van der Waals surface area contributed by atoms with Crippen molar-refractivity contribution in [3.8, 4) is 0 Å². The lowest BCUT2D eigenvalue weighted by molar-refractivity contribution is -0.119. The van der Waals surface area contributed by atoms with E-state index in [2.05, 4.69) is 20.5 Å². The van der Waals surface area contributed by atoms with Crippen LogP contribution in [-0.4, -0.2) is 54.9 Å². The molecule has 0 atom stereocenters. The van der Waals surface area contributed by atoms with Gasteiger partial charge in [0.15, 0.2) is 0 Å². The summed E-state index contributed by atoms with van der Waals surface area (Å²) in [6.45, 7) is 4.36. The first-order valence-corrected chi connectivity index (χ1v) is 10.1. The van der Waals surface area contributed by atoms with Crippen LogP contribution in [0.25, 0.3) is 0 Å². The summed E-state index contributed by atoms with van der Waals surface area (Å²) in [6.07, 6.45) is 5.42. The van der Waals surface area contributed by atoms with Crippen LogP contribution in [0.5, 0.6) is 0 Å². The molecule has 0 spiro atoms. The lowest BCUT2D eigenvalue weighted by Crippen LogP contribution is -2.36. The first-order valence-electron chi connectivity index (χ1n) is 10.1. The lowest BCUT2D eigenvalue weighted by atomic mass is 10.1. The average molecular weight is 396 g/mol. The Bertz CT molecular complexity index is 831. The highest BCUT2D eigenvalue weighted by Crippen LogP contribution is 2.21. The van der Waals surface area contributed by atoms with Crippen LogP contribution in [0.15, 0.2) is 42.6 Å². The molecule has 1 aromatic carbocycles. The second-order valence-corrected chi connectivity index (χ2v) is 7.58. The SMILES string of the molecule is Cc1ccnc(NC(=O)CN(C)CC(=O)Nc2ccc(N3CCCCC3)cc2)c1. The van der Waals surface area contributed by atoms with Crippen LogP contribution in [0.4, 0.5) is 17.2 Å². The van der Waals surface area contributed by atoms with Gasteiger partial charge in [0.1, 0.15) is 5.82 Å². The first kappa shape index (κ1) is 20.8. The summed E-state index contributed by atoms with van der Waals surface area (Å²) in [5.41, 5.74) is 2.98. The maximum atomic E-state index is 12.3. The van der Waals surface area contributed by atoms with Gasteiger partial charge < -0.3 is 15.5 Å². The van der Waals surface area contributed by atoms with Gasteiger partial charge in [-0.1, -0.05) is 0 Å². The molecule has 2 heterocycles. The standard InChI is InChI=1S/C22H29N5O2/c1-17-10-11-23-20(14-17)25-22(29)16-26(2)15-21(28)24-18-6-8-19(9-7-18)27-12-4-3-5-13-27/h6-11,14H,3-5,12-13,15-16H2,1-2H3,(H,24,28)(H,23,25,29). The predicted octanol–water partition coefficient (Wildman–Crippen LogP) is 2.89. The maximum absolute atomic E-state index is 12.3. The van der Waals surface area contributed by atoms with Gasteiger partial charge in [-0.15, -0.1) is 0 Å². The van der Waals surface area contributed by atoms with Crippen molar-refractivity contribution in [2.24, 2.45) is 0 Å². The van der Waals surface area contributed by atoms with Gasteiger partial charge in [-0.3, -0.25) is 14.5 Å². The van der Waals surface area contributed by atoms with Gasteiger partial charge in [-0.2, -0.15) is 0 Å². The van der Waals surface area contributed by atoms with E-state index < -0.39 is 0 Å². The molecule has 7 heteroatoms. The van der Waals surface area contributed by atoms with Crippen LogP contribution in [0.2, 0.25) is 0 Å². The van der Waals surface area contributed by atoms with E-state index in [1.807, 2.05) is 37.3 Å². The number of benzene rings is 1. The van der Waals surface area contributed by atoms with Crippen LogP contribution < -0.4 is 15.5 Å². The molecule has 1 saturated heterocycles. The number of aromatic nitrogens is 1. The Morgan fingerprint density at radius 1 is 1.00 bits per heavy atom. The molecule has 0 unspecified atom stereocenters. The Kier molecular flexibility index (Phi) is 7.19. The van der Waals surface area contributed by atoms with E-state index >= 15 is 0 Å². The molecular weight excluding hydrogens is 366 g/mol. The molecule has 154 valence electrons. The minimum atomic E-state index is -0.204. The average Bonchev–Trinajstić information content (AvgIpc) is 2.69. The normalized spacial score (nSPS) is 14.0. The van der Waals surface area contributed by atoms with Crippen LogP contribution in [0, 0.1) is 6.92 Å². The Balaban J connectivity index is 1.44. The van der Waals surface area contributed by atoms with Crippen molar-refractivity contribution in [1.82, 2.24) is 9.88 Å². The summed E-state index contributed by atoms with van der Waals surface area (Å²) in [5.74, 6) is 0.158. The summed E-state index contributed by atoms with van der Waals surface area (Å²) >= 11 is 0. The third-order valence-electron chi connectivity index (χ3n) is 4.88. The van der Waals surface area contributed by atoms with Gasteiger partial charge in [0.25, 0.3) is 0 Å². The number of pyridine rings is 1. The Labute approximate surface area is 172 Å². The molecular formula is C22H29N5O2. The van der Waals surface area contributed by atoms with Gasteiger partial charge in [-0.05, 0) is 75.2 Å². The van der Waals surface area contributed by atoms with Crippen molar-refractivity contribution >= 4 is 29.0 Å². The molecule has 3 rings (SSSR count). The number of hydrogen-bond donors (Lipinski definition) is 2. The fraction of sp³-hybridized carbons (Fsp3) is 0.409. The number of anilines is 3. The molecule has 1 fully saturated rings. The van der Waals surface area contributed by atoms with Crippen LogP contribution >= 0.6 is 0 Å². The van der Waals surface area contributed by atoms with E-state index in [1.54, 1.807) is 24.2 Å². The highest BCUT2D eigenvalue weighted by atomic mass is 16.2. The van der Waals surface area contributed by atoms with Crippen LogP contribution in [0.3, 0.4) is 0 Å². The maximum Gasteiger partial charge on any atom is 0.239 e. The molecule has 1 aliphatic rings. The number of carbonyl (C=O) groups is 2. The highest BCUT2D eigenvalue weighted by molar-refractivity contribution is 5.94. The molecule has 0 radical (unpaired) electrons. The molecule has 29 heavy (non-hydrogen) atoms. The van der Waals surface area contributed by atoms with Gasteiger partial charge in [0, 0.05) is 30.7 Å². The zero-order valence-corrected chi connectivity index (χ0v) is 17.1. The number of nitrogens with zero attached hydrogens (tertiary/aromatic N) is 3. The molecule has 0 aliphatic carbocycles. The number of rotatable bonds is 7. The van der Waals surface area contributed by atoms with E-state index in [0.29, 0.717) is 5.82 Å². The van der Waals surface area contributed by atoms with E-state index in [4.69, 9.17) is 0 Å². The van der Waals surface area contributed by atoms with Gasteiger partial charge in [-0.25, -0.2) is 4.98 Å². The fourth-order valence-corrected chi connectivity index (χ4v) is 3.44. The summed E-state index contributed by atoms with van der Waals surface area (Å²) in [6, 6.07) is 11.6. The highest BCUT2D eigenvalue weighted by Gasteiger charge is 2.13. The van der Waals surface area contributed by atoms with E-state index in [9.17, 15) is 9.59 Å². The summed E-state index contributed by atoms with van der Waals surface area (Å²) in [5, 5.41) is 5.64. The van der Waals surface area contributed by atoms with Gasteiger partial charge in [0.2, 0.25) is 11.8 Å². The third kappa shape index (κ3) is 6.57. The van der Waals surface area contributed by atoms with Gasteiger partial charge >= 0.3 is 0 Å². The van der Waals surface area contributed by atoms with Crippen molar-refractivity contribution in [2.75, 3.05) is 48.8 Å². The molecule has 1 aliphatic heterocycles. The lowest BCUT2D eigenvalue weighted by Gasteiger charge is -2.28. The zero-order chi connectivity index (χ0) is 20.6. The molecule has 2 aromatic rings. The van der Waals surface area contributed by atoms with Crippen molar-refractivity contribution in [3.63, 3.8) is 0 Å². The largest absolute Gasteiger partial charge is 0.372 e. The number of nitrogens with one attached hydrogen (secondary N) is 2. The molecule has 2 N–H and O–H groups in total. The number of hydrogen-bond acceptors (Lipinski definition) is 5. The number of aryl methyl sites for hydroxylation is 1.